The highest BCUT2D eigenvalue weighted by molar-refractivity contribution is 5.94. The molecule has 0 aliphatic heterocycles. The molecule has 4 unspecified atom stereocenters. The number of aromatic nitrogens is 2. The minimum Gasteiger partial charge on any atom is -0.480 e. The summed E-state index contributed by atoms with van der Waals surface area (Å²) in [6, 6.07) is -5.24. The molecule has 0 spiro atoms. The molecule has 166 valence electrons. The van der Waals surface area contributed by atoms with Gasteiger partial charge in [0.1, 0.15) is 18.1 Å². The van der Waals surface area contributed by atoms with Crippen molar-refractivity contribution >= 4 is 29.6 Å². The van der Waals surface area contributed by atoms with Gasteiger partial charge in [-0.2, -0.15) is 0 Å². The zero-order valence-electron chi connectivity index (χ0n) is 16.1. The summed E-state index contributed by atoms with van der Waals surface area (Å²) < 4.78 is 0. The highest BCUT2D eigenvalue weighted by Crippen LogP contribution is 1.98. The van der Waals surface area contributed by atoms with E-state index < -0.39 is 66.8 Å². The number of aliphatic carboxylic acids is 1. The van der Waals surface area contributed by atoms with Gasteiger partial charge in [0.15, 0.2) is 0 Å². The van der Waals surface area contributed by atoms with Gasteiger partial charge in [-0.3, -0.25) is 19.2 Å². The van der Waals surface area contributed by atoms with Crippen molar-refractivity contribution in [3.8, 4) is 0 Å². The third-order valence-electron chi connectivity index (χ3n) is 3.92. The number of nitrogens with two attached hydrogens (primary N) is 2. The molecule has 10 N–H and O–H groups in total. The number of carboxylic acid groups (broad SMARTS) is 1. The smallest absolute Gasteiger partial charge is 0.326 e. The van der Waals surface area contributed by atoms with Crippen molar-refractivity contribution in [1.82, 2.24) is 25.9 Å². The molecule has 14 heteroatoms. The molecule has 0 aromatic carbocycles. The second-order valence-electron chi connectivity index (χ2n) is 6.43. The van der Waals surface area contributed by atoms with Gasteiger partial charge < -0.3 is 42.6 Å². The first-order chi connectivity index (χ1) is 14.0. The average molecular weight is 427 g/mol. The fourth-order valence-electron chi connectivity index (χ4n) is 2.28. The van der Waals surface area contributed by atoms with Crippen LogP contribution in [0.1, 0.15) is 19.0 Å². The third-order valence-corrected chi connectivity index (χ3v) is 3.92. The number of rotatable bonds is 12. The quantitative estimate of drug-likeness (QED) is 0.161. The number of primary amides is 1. The van der Waals surface area contributed by atoms with Crippen molar-refractivity contribution in [3.05, 3.63) is 18.2 Å². The Morgan fingerprint density at radius 3 is 2.23 bits per heavy atom. The number of hydrogen-bond donors (Lipinski definition) is 8. The molecule has 0 radical (unpaired) electrons. The van der Waals surface area contributed by atoms with Crippen LogP contribution in [0.5, 0.6) is 0 Å². The van der Waals surface area contributed by atoms with Crippen molar-refractivity contribution < 1.29 is 34.2 Å². The van der Waals surface area contributed by atoms with Crippen LogP contribution in [-0.2, 0) is 30.4 Å². The normalized spacial score (nSPS) is 14.6. The number of carbonyl (C=O) groups is 5. The van der Waals surface area contributed by atoms with Crippen LogP contribution in [0.4, 0.5) is 0 Å². The number of carbonyl (C=O) groups excluding carboxylic acids is 4. The number of H-pyrrole nitrogens is 1. The Morgan fingerprint density at radius 2 is 1.73 bits per heavy atom. The Morgan fingerprint density at radius 1 is 1.10 bits per heavy atom. The number of aromatic amines is 1. The predicted molar refractivity (Wildman–Crippen MR) is 100 cm³/mol. The second kappa shape index (κ2) is 11.5. The summed E-state index contributed by atoms with van der Waals surface area (Å²) >= 11 is 0. The van der Waals surface area contributed by atoms with E-state index in [4.69, 9.17) is 16.6 Å². The molecule has 0 aliphatic carbocycles. The Labute approximate surface area is 170 Å². The molecule has 0 fully saturated rings. The number of nitrogens with zero attached hydrogens (tertiary/aromatic N) is 1. The number of imidazole rings is 1. The number of aliphatic hydroxyl groups is 1. The molecule has 0 bridgehead atoms. The average Bonchev–Trinajstić information content (AvgIpc) is 3.17. The zero-order valence-corrected chi connectivity index (χ0v) is 16.1. The Kier molecular flexibility index (Phi) is 9.38. The Bertz CT molecular complexity index is 768. The molecule has 1 heterocycles. The van der Waals surface area contributed by atoms with Crippen molar-refractivity contribution in [3.63, 3.8) is 0 Å². The molecule has 0 saturated carbocycles. The van der Waals surface area contributed by atoms with Gasteiger partial charge in [0, 0.05) is 18.3 Å². The molecule has 1 aromatic rings. The topological polar surface area (TPSA) is 243 Å². The summed E-state index contributed by atoms with van der Waals surface area (Å²) in [5.41, 5.74) is 11.3. The van der Waals surface area contributed by atoms with E-state index in [1.54, 1.807) is 0 Å². The lowest BCUT2D eigenvalue weighted by Gasteiger charge is -2.22. The van der Waals surface area contributed by atoms with E-state index in [1.165, 1.54) is 19.4 Å². The van der Waals surface area contributed by atoms with Crippen LogP contribution in [0.2, 0.25) is 0 Å². The van der Waals surface area contributed by atoms with Crippen LogP contribution in [0.3, 0.4) is 0 Å². The molecular weight excluding hydrogens is 402 g/mol. The van der Waals surface area contributed by atoms with Gasteiger partial charge in [-0.25, -0.2) is 9.78 Å². The fourth-order valence-corrected chi connectivity index (χ4v) is 2.28. The maximum atomic E-state index is 12.2. The predicted octanol–water partition coefficient (Wildman–Crippen LogP) is -4.29. The van der Waals surface area contributed by atoms with E-state index in [-0.39, 0.29) is 6.42 Å². The Balaban J connectivity index is 2.61. The number of carboxylic acids is 1. The van der Waals surface area contributed by atoms with Gasteiger partial charge >= 0.3 is 5.97 Å². The fraction of sp³-hybridized carbons (Fsp3) is 0.500. The van der Waals surface area contributed by atoms with Gasteiger partial charge in [-0.15, -0.1) is 0 Å². The first-order valence-electron chi connectivity index (χ1n) is 8.81. The van der Waals surface area contributed by atoms with Crippen LogP contribution in [0, 0.1) is 0 Å². The van der Waals surface area contributed by atoms with Crippen molar-refractivity contribution in [1.29, 1.82) is 0 Å². The van der Waals surface area contributed by atoms with E-state index >= 15 is 0 Å². The summed E-state index contributed by atoms with van der Waals surface area (Å²) in [6.07, 6.45) is 2.37. The number of nitrogens with one attached hydrogen (secondary N) is 4. The molecule has 1 aromatic heterocycles. The maximum Gasteiger partial charge on any atom is 0.326 e. The molecular formula is C16H25N7O7. The monoisotopic (exact) mass is 427 g/mol. The lowest BCUT2D eigenvalue weighted by atomic mass is 10.1. The maximum absolute atomic E-state index is 12.2. The van der Waals surface area contributed by atoms with Gasteiger partial charge in [-0.1, -0.05) is 0 Å². The molecule has 14 nitrogen and oxygen atoms in total. The SMILES string of the molecule is CC(NC(=O)C(CO)NC(=O)C(N)Cc1cnc[nH]1)C(=O)NC(CC(N)=O)C(=O)O. The van der Waals surface area contributed by atoms with Gasteiger partial charge in [0.2, 0.25) is 23.6 Å². The van der Waals surface area contributed by atoms with Crippen LogP contribution >= 0.6 is 0 Å². The van der Waals surface area contributed by atoms with Crippen LogP contribution < -0.4 is 27.4 Å². The Hall–Kier alpha value is -3.52. The van der Waals surface area contributed by atoms with E-state index in [9.17, 15) is 29.1 Å². The van der Waals surface area contributed by atoms with Crippen molar-refractivity contribution in [2.75, 3.05) is 6.61 Å². The zero-order chi connectivity index (χ0) is 22.8. The van der Waals surface area contributed by atoms with Gasteiger partial charge in [0.05, 0.1) is 25.4 Å². The van der Waals surface area contributed by atoms with E-state index in [1.807, 2.05) is 0 Å². The second-order valence-corrected chi connectivity index (χ2v) is 6.43. The first kappa shape index (κ1) is 24.5. The molecule has 0 saturated heterocycles. The minimum atomic E-state index is -1.57. The summed E-state index contributed by atoms with van der Waals surface area (Å²) in [6.45, 7) is 0.471. The summed E-state index contributed by atoms with van der Waals surface area (Å²) in [5, 5.41) is 24.9. The van der Waals surface area contributed by atoms with Crippen molar-refractivity contribution in [2.45, 2.75) is 43.9 Å². The highest BCUT2D eigenvalue weighted by Gasteiger charge is 2.28. The van der Waals surface area contributed by atoms with Crippen LogP contribution in [0.25, 0.3) is 0 Å². The summed E-state index contributed by atoms with van der Waals surface area (Å²) in [4.78, 5) is 65.0. The third kappa shape index (κ3) is 7.84. The van der Waals surface area contributed by atoms with Crippen molar-refractivity contribution in [2.24, 2.45) is 11.5 Å². The lowest BCUT2D eigenvalue weighted by molar-refractivity contribution is -0.143. The van der Waals surface area contributed by atoms with E-state index in [0.717, 1.165) is 0 Å². The van der Waals surface area contributed by atoms with Gasteiger partial charge in [-0.05, 0) is 6.92 Å². The molecule has 4 atom stereocenters. The summed E-state index contributed by atoms with van der Waals surface area (Å²) in [5.74, 6) is -4.94. The van der Waals surface area contributed by atoms with E-state index in [0.29, 0.717) is 5.69 Å². The first-order valence-corrected chi connectivity index (χ1v) is 8.81. The number of amides is 4. The van der Waals surface area contributed by atoms with E-state index in [2.05, 4.69) is 25.9 Å². The standard InChI is InChI=1S/C16H25N7O7/c1-7(13(26)22-10(16(29)30)3-12(18)25)21-15(28)11(5-24)23-14(27)9(17)2-8-4-19-6-20-8/h4,6-7,9-11,24H,2-3,5,17H2,1H3,(H2,18,25)(H,19,20)(H,21,28)(H,22,26)(H,23,27)(H,29,30). The largest absolute Gasteiger partial charge is 0.480 e. The lowest BCUT2D eigenvalue weighted by Crippen LogP contribution is -2.57. The highest BCUT2D eigenvalue weighted by atomic mass is 16.4. The molecule has 0 aliphatic rings. The summed E-state index contributed by atoms with van der Waals surface area (Å²) in [7, 11) is 0. The van der Waals surface area contributed by atoms with Crippen LogP contribution in [-0.4, -0.2) is 80.6 Å². The minimum absolute atomic E-state index is 0.112. The molecule has 4 amide bonds. The molecule has 30 heavy (non-hydrogen) atoms. The van der Waals surface area contributed by atoms with Crippen LogP contribution in [0.15, 0.2) is 12.5 Å². The molecule has 1 rings (SSSR count). The van der Waals surface area contributed by atoms with Gasteiger partial charge in [0.25, 0.3) is 0 Å². The number of aliphatic hydroxyl groups excluding tert-OH is 1. The number of hydrogen-bond acceptors (Lipinski definition) is 8.